The Labute approximate surface area is 260 Å². The highest BCUT2D eigenvalue weighted by Crippen LogP contribution is 2.50. The van der Waals surface area contributed by atoms with Gasteiger partial charge in [0.15, 0.2) is 0 Å². The molecule has 5 rings (SSSR count). The van der Waals surface area contributed by atoms with Crippen molar-refractivity contribution in [1.82, 2.24) is 0 Å². The van der Waals surface area contributed by atoms with Crippen LogP contribution in [0, 0.1) is 6.92 Å². The Morgan fingerprint density at radius 3 is 1.07 bits per heavy atom. The van der Waals surface area contributed by atoms with Gasteiger partial charge in [0.2, 0.25) is 0 Å². The largest absolute Gasteiger partial charge is 0.309 e. The molecular weight excluding hydrogens is 572 g/mol. The molecule has 0 N–H and O–H groups in total. The quantitative estimate of drug-likeness (QED) is 0.172. The number of para-hydroxylation sites is 2. The van der Waals surface area contributed by atoms with Crippen LogP contribution in [0.3, 0.4) is 0 Å². The van der Waals surface area contributed by atoms with E-state index in [0.717, 1.165) is 39.7 Å². The first-order chi connectivity index (χ1) is 19.9. The fourth-order valence-corrected chi connectivity index (χ4v) is 7.26. The van der Waals surface area contributed by atoms with Gasteiger partial charge in [0.1, 0.15) is 0 Å². The summed E-state index contributed by atoms with van der Waals surface area (Å²) in [6.45, 7) is 2.15. The molecule has 0 atom stereocenters. The van der Waals surface area contributed by atoms with Gasteiger partial charge < -0.3 is 9.80 Å². The van der Waals surface area contributed by atoms with Crippen LogP contribution in [0.4, 0.5) is 34.1 Å². The lowest BCUT2D eigenvalue weighted by molar-refractivity contribution is 1.22. The van der Waals surface area contributed by atoms with Crippen LogP contribution in [0.15, 0.2) is 131 Å². The maximum absolute atomic E-state index is 7.50. The topological polar surface area (TPSA) is 6.48 Å². The standard InChI is InChI=1S/C37H41ClN2S2/c1-28-26-35(39(29-14-10-8-11-15-29)30-16-12-9-13-17-30)37(38)36(27-28)40(31-18-22-33(23-19-31)41(2,3)4)32-20-24-34(25-21-32)42(5,6)7/h8-27H,1-7H3. The van der Waals surface area contributed by atoms with Crippen molar-refractivity contribution in [3.05, 3.63) is 132 Å². The summed E-state index contributed by atoms with van der Waals surface area (Å²) in [5.74, 6) is 0. The van der Waals surface area contributed by atoms with Crippen LogP contribution in [0.1, 0.15) is 5.56 Å². The van der Waals surface area contributed by atoms with Crippen LogP contribution in [0.2, 0.25) is 5.02 Å². The van der Waals surface area contributed by atoms with Crippen molar-refractivity contribution in [3.63, 3.8) is 0 Å². The van der Waals surface area contributed by atoms with E-state index in [-0.39, 0.29) is 0 Å². The van der Waals surface area contributed by atoms with E-state index in [1.54, 1.807) is 0 Å². The van der Waals surface area contributed by atoms with Crippen molar-refractivity contribution in [2.75, 3.05) is 47.3 Å². The molecule has 0 heterocycles. The zero-order chi connectivity index (χ0) is 30.1. The molecule has 5 heteroatoms. The molecule has 0 unspecified atom stereocenters. The second-order valence-electron chi connectivity index (χ2n) is 12.1. The number of rotatable bonds is 8. The molecule has 5 aromatic rings. The number of hydrogen-bond acceptors (Lipinski definition) is 2. The molecule has 0 saturated carbocycles. The number of nitrogens with zero attached hydrogens (tertiary/aromatic N) is 2. The summed E-state index contributed by atoms with van der Waals surface area (Å²) >= 11 is 7.50. The van der Waals surface area contributed by atoms with Crippen molar-refractivity contribution in [3.8, 4) is 0 Å². The van der Waals surface area contributed by atoms with Crippen LogP contribution >= 0.6 is 31.7 Å². The smallest absolute Gasteiger partial charge is 0.0887 e. The summed E-state index contributed by atoms with van der Waals surface area (Å²) in [5, 5.41) is 0.698. The third-order valence-electron chi connectivity index (χ3n) is 7.29. The predicted molar refractivity (Wildman–Crippen MR) is 193 cm³/mol. The van der Waals surface area contributed by atoms with Crippen LogP contribution in [0.5, 0.6) is 0 Å². The van der Waals surface area contributed by atoms with Gasteiger partial charge in [-0.2, -0.15) is 0 Å². The summed E-state index contributed by atoms with van der Waals surface area (Å²) in [4.78, 5) is 7.31. The number of benzene rings is 5. The molecule has 0 aliphatic carbocycles. The van der Waals surface area contributed by atoms with E-state index in [2.05, 4.69) is 163 Å². The van der Waals surface area contributed by atoms with E-state index in [4.69, 9.17) is 11.6 Å². The zero-order valence-electron chi connectivity index (χ0n) is 25.6. The summed E-state index contributed by atoms with van der Waals surface area (Å²) in [6.07, 6.45) is 14.0. The van der Waals surface area contributed by atoms with Gasteiger partial charge in [-0.25, -0.2) is 20.1 Å². The van der Waals surface area contributed by atoms with Crippen molar-refractivity contribution < 1.29 is 0 Å². The Morgan fingerprint density at radius 2 is 0.762 bits per heavy atom. The summed E-state index contributed by atoms with van der Waals surface area (Å²) < 4.78 is 0. The average Bonchev–Trinajstić information content (AvgIpc) is 2.96. The molecule has 0 aliphatic heterocycles. The normalized spacial score (nSPS) is 12.6. The molecule has 0 bridgehead atoms. The van der Waals surface area contributed by atoms with Crippen LogP contribution in [0.25, 0.3) is 0 Å². The van der Waals surface area contributed by atoms with E-state index in [1.807, 2.05) is 12.1 Å². The molecule has 42 heavy (non-hydrogen) atoms. The van der Waals surface area contributed by atoms with E-state index >= 15 is 0 Å². The Morgan fingerprint density at radius 1 is 0.452 bits per heavy atom. The van der Waals surface area contributed by atoms with Gasteiger partial charge >= 0.3 is 0 Å². The number of halogens is 1. The molecule has 2 nitrogen and oxygen atoms in total. The Balaban J connectivity index is 1.73. The molecule has 0 fully saturated rings. The van der Waals surface area contributed by atoms with Crippen LogP contribution in [-0.2, 0) is 0 Å². The number of aryl methyl sites for hydroxylation is 1. The highest BCUT2D eigenvalue weighted by Gasteiger charge is 2.23. The number of anilines is 6. The first-order valence-electron chi connectivity index (χ1n) is 14.0. The third-order valence-corrected chi connectivity index (χ3v) is 11.1. The Bertz CT molecular complexity index is 1540. The Hall–Kier alpha value is -3.31. The Kier molecular flexibility index (Phi) is 8.71. The second kappa shape index (κ2) is 12.1. The summed E-state index contributed by atoms with van der Waals surface area (Å²) in [6, 6.07) is 43.3. The molecule has 0 radical (unpaired) electrons. The van der Waals surface area contributed by atoms with Gasteiger partial charge in [-0.05, 0) is 145 Å². The highest BCUT2D eigenvalue weighted by atomic mass is 35.5. The monoisotopic (exact) mass is 612 g/mol. The maximum atomic E-state index is 7.50. The number of hydrogen-bond donors (Lipinski definition) is 0. The van der Waals surface area contributed by atoms with E-state index in [1.165, 1.54) is 9.79 Å². The summed E-state index contributed by atoms with van der Waals surface area (Å²) in [5.41, 5.74) is 7.33. The zero-order valence-corrected chi connectivity index (χ0v) is 28.0. The molecular formula is C37H41ClN2S2. The lowest BCUT2D eigenvalue weighted by Gasteiger charge is -2.33. The van der Waals surface area contributed by atoms with Gasteiger partial charge in [-0.1, -0.05) is 48.0 Å². The van der Waals surface area contributed by atoms with Crippen LogP contribution < -0.4 is 9.80 Å². The van der Waals surface area contributed by atoms with Crippen molar-refractivity contribution in [2.45, 2.75) is 16.7 Å². The van der Waals surface area contributed by atoms with Crippen molar-refractivity contribution in [2.24, 2.45) is 0 Å². The summed E-state index contributed by atoms with van der Waals surface area (Å²) in [7, 11) is -1.68. The van der Waals surface area contributed by atoms with Gasteiger partial charge in [0.05, 0.1) is 16.4 Å². The van der Waals surface area contributed by atoms with Crippen LogP contribution in [-0.4, -0.2) is 37.5 Å². The van der Waals surface area contributed by atoms with Gasteiger partial charge in [0, 0.05) is 22.7 Å². The van der Waals surface area contributed by atoms with Gasteiger partial charge in [-0.3, -0.25) is 0 Å². The molecule has 0 aromatic heterocycles. The maximum Gasteiger partial charge on any atom is 0.0887 e. The van der Waals surface area contributed by atoms with E-state index in [0.29, 0.717) is 5.02 Å². The minimum atomic E-state index is -0.839. The fraction of sp³-hybridized carbons (Fsp3) is 0.189. The van der Waals surface area contributed by atoms with Gasteiger partial charge in [-0.15, -0.1) is 0 Å². The fourth-order valence-electron chi connectivity index (χ4n) is 5.07. The first-order valence-corrected chi connectivity index (χ1v) is 20.1. The molecule has 218 valence electrons. The lowest BCUT2D eigenvalue weighted by atomic mass is 10.1. The average molecular weight is 613 g/mol. The first kappa shape index (κ1) is 30.2. The van der Waals surface area contributed by atoms with Crippen molar-refractivity contribution >= 4 is 65.8 Å². The van der Waals surface area contributed by atoms with E-state index < -0.39 is 20.1 Å². The second-order valence-corrected chi connectivity index (χ2v) is 20.8. The minimum absolute atomic E-state index is 0.698. The third kappa shape index (κ3) is 6.52. The lowest BCUT2D eigenvalue weighted by Crippen LogP contribution is -2.15. The molecule has 0 aliphatic rings. The van der Waals surface area contributed by atoms with Crippen molar-refractivity contribution in [1.29, 1.82) is 0 Å². The van der Waals surface area contributed by atoms with Gasteiger partial charge in [0.25, 0.3) is 0 Å². The SMILES string of the molecule is Cc1cc(N(c2ccccc2)c2ccccc2)c(Cl)c(N(c2ccc(S(C)(C)C)cc2)c2ccc(S(C)(C)C)cc2)c1. The van der Waals surface area contributed by atoms with E-state index in [9.17, 15) is 0 Å². The minimum Gasteiger partial charge on any atom is -0.309 e. The molecule has 0 spiro atoms. The predicted octanol–water partition coefficient (Wildman–Crippen LogP) is 11.7. The highest BCUT2D eigenvalue weighted by molar-refractivity contribution is 8.32. The molecule has 0 amide bonds. The molecule has 0 saturated heterocycles. The molecule has 5 aromatic carbocycles.